The number of aromatic hydroxyl groups is 1. The fourth-order valence-electron chi connectivity index (χ4n) is 1.10. The van der Waals surface area contributed by atoms with E-state index in [1.165, 1.54) is 12.1 Å². The van der Waals surface area contributed by atoms with Gasteiger partial charge in [0.25, 0.3) is 0 Å². The van der Waals surface area contributed by atoms with Gasteiger partial charge in [-0.25, -0.2) is 0 Å². The molecule has 17 heavy (non-hydrogen) atoms. The van der Waals surface area contributed by atoms with Crippen molar-refractivity contribution in [2.75, 3.05) is 0 Å². The second-order valence-electron chi connectivity index (χ2n) is 3.30. The van der Waals surface area contributed by atoms with Gasteiger partial charge in [-0.15, -0.1) is 0 Å². The number of hydrogen-bond acceptors (Lipinski definition) is 3. The van der Waals surface area contributed by atoms with Gasteiger partial charge in [0.2, 0.25) is 5.43 Å². The molecule has 0 saturated carbocycles. The van der Waals surface area contributed by atoms with Gasteiger partial charge in [0.05, 0.1) is 6.61 Å². The predicted molar refractivity (Wildman–Crippen MR) is 66.7 cm³/mol. The van der Waals surface area contributed by atoms with Gasteiger partial charge in [-0.1, -0.05) is 48.5 Å². The summed E-state index contributed by atoms with van der Waals surface area (Å²) in [6.07, 6.45) is 0. The SMILES string of the molecule is O=c1cccccc1O.OCc1ccccc1. The highest BCUT2D eigenvalue weighted by Crippen LogP contribution is 1.95. The standard InChI is InChI=1S/C7H6O2.C7H8O/c8-6-4-2-1-3-5-7(6)9;8-6-7-4-2-1-3-5-7/h1-5H,(H,8,9);1-5,8H,6H2. The summed E-state index contributed by atoms with van der Waals surface area (Å²) in [6.45, 7) is 0.140. The van der Waals surface area contributed by atoms with Crippen LogP contribution in [0.1, 0.15) is 5.56 Å². The summed E-state index contributed by atoms with van der Waals surface area (Å²) < 4.78 is 0. The van der Waals surface area contributed by atoms with E-state index in [4.69, 9.17) is 10.2 Å². The normalized spacial score (nSPS) is 9.00. The van der Waals surface area contributed by atoms with Crippen LogP contribution < -0.4 is 5.43 Å². The van der Waals surface area contributed by atoms with Gasteiger partial charge in [-0.05, 0) is 17.7 Å². The largest absolute Gasteiger partial charge is 0.504 e. The quantitative estimate of drug-likeness (QED) is 0.787. The Morgan fingerprint density at radius 2 is 1.35 bits per heavy atom. The van der Waals surface area contributed by atoms with Crippen LogP contribution in [0, 0.1) is 0 Å². The lowest BCUT2D eigenvalue weighted by atomic mass is 10.2. The van der Waals surface area contributed by atoms with Gasteiger partial charge in [-0.2, -0.15) is 0 Å². The predicted octanol–water partition coefficient (Wildman–Crippen LogP) is 1.93. The van der Waals surface area contributed by atoms with Crippen molar-refractivity contribution < 1.29 is 10.2 Å². The van der Waals surface area contributed by atoms with E-state index in [9.17, 15) is 4.79 Å². The van der Waals surface area contributed by atoms with E-state index >= 15 is 0 Å². The Morgan fingerprint density at radius 1 is 0.824 bits per heavy atom. The van der Waals surface area contributed by atoms with Crippen molar-refractivity contribution in [3.63, 3.8) is 0 Å². The zero-order valence-electron chi connectivity index (χ0n) is 9.28. The molecule has 0 amide bonds. The molecule has 2 aromatic rings. The minimum Gasteiger partial charge on any atom is -0.504 e. The maximum Gasteiger partial charge on any atom is 0.220 e. The molecule has 0 aromatic heterocycles. The fraction of sp³-hybridized carbons (Fsp3) is 0.0714. The van der Waals surface area contributed by atoms with Gasteiger partial charge in [0.15, 0.2) is 5.75 Å². The zero-order chi connectivity index (χ0) is 12.5. The van der Waals surface area contributed by atoms with Crippen molar-refractivity contribution in [3.8, 4) is 5.75 Å². The zero-order valence-corrected chi connectivity index (χ0v) is 9.28. The third-order valence-corrected chi connectivity index (χ3v) is 2.00. The first kappa shape index (κ1) is 12.9. The van der Waals surface area contributed by atoms with Gasteiger partial charge in [-0.3, -0.25) is 4.79 Å². The van der Waals surface area contributed by atoms with Crippen LogP contribution >= 0.6 is 0 Å². The Kier molecular flexibility index (Phi) is 5.47. The van der Waals surface area contributed by atoms with Crippen LogP contribution in [-0.4, -0.2) is 10.2 Å². The maximum atomic E-state index is 10.6. The van der Waals surface area contributed by atoms with Crippen LogP contribution in [0.5, 0.6) is 5.75 Å². The number of aliphatic hydroxyl groups excluding tert-OH is 1. The van der Waals surface area contributed by atoms with Crippen molar-refractivity contribution in [2.24, 2.45) is 0 Å². The van der Waals surface area contributed by atoms with E-state index in [-0.39, 0.29) is 17.8 Å². The van der Waals surface area contributed by atoms with Gasteiger partial charge in [0.1, 0.15) is 0 Å². The minimum absolute atomic E-state index is 0.140. The highest BCUT2D eigenvalue weighted by molar-refractivity contribution is 5.18. The monoisotopic (exact) mass is 230 g/mol. The molecule has 0 bridgehead atoms. The minimum atomic E-state index is -0.347. The molecule has 0 radical (unpaired) electrons. The molecule has 2 N–H and O–H groups in total. The summed E-state index contributed by atoms with van der Waals surface area (Å²) in [6, 6.07) is 17.1. The molecule has 0 aliphatic heterocycles. The van der Waals surface area contributed by atoms with Crippen molar-refractivity contribution in [1.29, 1.82) is 0 Å². The van der Waals surface area contributed by atoms with Gasteiger partial charge < -0.3 is 10.2 Å². The van der Waals surface area contributed by atoms with Gasteiger partial charge in [0, 0.05) is 0 Å². The lowest BCUT2D eigenvalue weighted by Crippen LogP contribution is -1.90. The molecule has 0 atom stereocenters. The molecule has 2 aromatic carbocycles. The average Bonchev–Trinajstić information content (AvgIpc) is 2.57. The molecule has 0 saturated heterocycles. The molecule has 3 heteroatoms. The number of benzene rings is 1. The number of aliphatic hydroxyl groups is 1. The smallest absolute Gasteiger partial charge is 0.220 e. The van der Waals surface area contributed by atoms with Crippen molar-refractivity contribution in [3.05, 3.63) is 76.5 Å². The fourth-order valence-corrected chi connectivity index (χ4v) is 1.10. The van der Waals surface area contributed by atoms with E-state index in [1.54, 1.807) is 18.2 Å². The van der Waals surface area contributed by atoms with Crippen LogP contribution in [-0.2, 0) is 6.61 Å². The summed E-state index contributed by atoms with van der Waals surface area (Å²) in [5.41, 5.74) is 0.618. The first-order valence-electron chi connectivity index (χ1n) is 5.17. The van der Waals surface area contributed by atoms with E-state index < -0.39 is 0 Å². The summed E-state index contributed by atoms with van der Waals surface area (Å²) >= 11 is 0. The highest BCUT2D eigenvalue weighted by Gasteiger charge is 1.85. The van der Waals surface area contributed by atoms with Crippen LogP contribution in [0.25, 0.3) is 0 Å². The van der Waals surface area contributed by atoms with Crippen LogP contribution in [0.15, 0.2) is 65.5 Å². The molecular formula is C14H14O3. The number of hydrogen-bond donors (Lipinski definition) is 2. The van der Waals surface area contributed by atoms with E-state index in [2.05, 4.69) is 0 Å². The molecule has 0 fully saturated rings. The molecular weight excluding hydrogens is 216 g/mol. The molecule has 0 unspecified atom stereocenters. The lowest BCUT2D eigenvalue weighted by Gasteiger charge is -1.89. The highest BCUT2D eigenvalue weighted by atomic mass is 16.3. The number of rotatable bonds is 1. The van der Waals surface area contributed by atoms with Crippen molar-refractivity contribution in [1.82, 2.24) is 0 Å². The van der Waals surface area contributed by atoms with E-state index in [0.29, 0.717) is 0 Å². The van der Waals surface area contributed by atoms with E-state index in [1.807, 2.05) is 30.3 Å². The Hall–Kier alpha value is -2.13. The Bertz CT molecular complexity index is 495. The summed E-state index contributed by atoms with van der Waals surface area (Å²) in [7, 11) is 0. The molecule has 0 heterocycles. The van der Waals surface area contributed by atoms with E-state index in [0.717, 1.165) is 5.56 Å². The molecule has 2 rings (SSSR count). The molecule has 0 aliphatic carbocycles. The Morgan fingerprint density at radius 3 is 1.88 bits per heavy atom. The Labute approximate surface area is 99.6 Å². The first-order chi connectivity index (χ1) is 8.24. The van der Waals surface area contributed by atoms with Crippen LogP contribution in [0.2, 0.25) is 0 Å². The van der Waals surface area contributed by atoms with Gasteiger partial charge >= 0.3 is 0 Å². The summed E-state index contributed by atoms with van der Waals surface area (Å²) in [5, 5.41) is 17.3. The second kappa shape index (κ2) is 7.19. The third kappa shape index (κ3) is 4.95. The molecule has 0 aliphatic rings. The molecule has 3 nitrogen and oxygen atoms in total. The summed E-state index contributed by atoms with van der Waals surface area (Å²) in [5.74, 6) is -0.208. The van der Waals surface area contributed by atoms with Crippen molar-refractivity contribution in [2.45, 2.75) is 6.61 Å². The third-order valence-electron chi connectivity index (χ3n) is 2.00. The second-order valence-corrected chi connectivity index (χ2v) is 3.30. The maximum absolute atomic E-state index is 10.6. The lowest BCUT2D eigenvalue weighted by molar-refractivity contribution is 0.282. The van der Waals surface area contributed by atoms with Crippen LogP contribution in [0.3, 0.4) is 0 Å². The first-order valence-corrected chi connectivity index (χ1v) is 5.17. The van der Waals surface area contributed by atoms with Crippen molar-refractivity contribution >= 4 is 0 Å². The Balaban J connectivity index is 0.000000171. The molecule has 0 spiro atoms. The average molecular weight is 230 g/mol. The molecule has 88 valence electrons. The topological polar surface area (TPSA) is 57.5 Å². The van der Waals surface area contributed by atoms with Crippen LogP contribution in [0.4, 0.5) is 0 Å². The summed E-state index contributed by atoms with van der Waals surface area (Å²) in [4.78, 5) is 10.6.